The third kappa shape index (κ3) is 1.98. The number of hydrogen-bond donors (Lipinski definition) is 1. The summed E-state index contributed by atoms with van der Waals surface area (Å²) < 4.78 is 26.8. The highest BCUT2D eigenvalue weighted by atomic mass is 32.2. The quantitative estimate of drug-likeness (QED) is 0.838. The normalized spacial score (nSPS) is 37.8. The summed E-state index contributed by atoms with van der Waals surface area (Å²) in [5.74, 6) is -1.03. The van der Waals surface area contributed by atoms with Crippen molar-refractivity contribution in [3.05, 3.63) is 0 Å². The topological polar surface area (TPSA) is 91.8 Å². The summed E-state index contributed by atoms with van der Waals surface area (Å²) in [5, 5.41) is 9.22. The fourth-order valence-corrected chi connectivity index (χ4v) is 7.28. The molecule has 3 atom stereocenters. The highest BCUT2D eigenvalue weighted by Gasteiger charge is 2.65. The Kier molecular flexibility index (Phi) is 3.45. The number of nitrogens with zero attached hydrogens (tertiary/aromatic N) is 1. The first kappa shape index (κ1) is 15.9. The van der Waals surface area contributed by atoms with Gasteiger partial charge in [0.05, 0.1) is 5.75 Å². The number of ketones is 1. The fraction of sp³-hybridized carbons (Fsp3) is 0.867. The molecule has 6 nitrogen and oxygen atoms in total. The maximum Gasteiger partial charge on any atom is 0.322 e. The first-order chi connectivity index (χ1) is 10.1. The minimum atomic E-state index is -3.75. The lowest BCUT2D eigenvalue weighted by Gasteiger charge is -2.37. The molecule has 0 radical (unpaired) electrons. The van der Waals surface area contributed by atoms with Gasteiger partial charge in [0.2, 0.25) is 10.0 Å². The van der Waals surface area contributed by atoms with Gasteiger partial charge in [0.1, 0.15) is 11.8 Å². The van der Waals surface area contributed by atoms with Crippen LogP contribution < -0.4 is 0 Å². The van der Waals surface area contributed by atoms with Crippen LogP contribution >= 0.6 is 0 Å². The molecule has 3 aliphatic rings. The number of fused-ring (bicyclic) bond motifs is 2. The molecule has 1 saturated heterocycles. The van der Waals surface area contributed by atoms with Crippen molar-refractivity contribution in [3.63, 3.8) is 0 Å². The molecule has 0 spiro atoms. The van der Waals surface area contributed by atoms with E-state index >= 15 is 0 Å². The van der Waals surface area contributed by atoms with Crippen LogP contribution in [0.25, 0.3) is 0 Å². The highest BCUT2D eigenvalue weighted by Crippen LogP contribution is 2.64. The molecule has 0 amide bonds. The largest absolute Gasteiger partial charge is 0.480 e. The van der Waals surface area contributed by atoms with E-state index in [1.54, 1.807) is 0 Å². The standard InChI is InChI=1S/C15H23NO5S/c1-14(2)10-5-6-15(14,12(17)8-10)9-22(20,21)16-7-3-4-11(16)13(18)19/h10-11H,3-9H2,1-2H3,(H,18,19)/t10-,11+,15+/m0/s1. The van der Waals surface area contributed by atoms with E-state index in [1.165, 1.54) is 0 Å². The molecule has 0 aromatic rings. The summed E-state index contributed by atoms with van der Waals surface area (Å²) in [6.45, 7) is 4.22. The molecule has 3 fully saturated rings. The fourth-order valence-electron chi connectivity index (χ4n) is 4.82. The van der Waals surface area contributed by atoms with Gasteiger partial charge in [-0.05, 0) is 37.0 Å². The zero-order chi connectivity index (χ0) is 16.3. The molecule has 2 aliphatic carbocycles. The van der Waals surface area contributed by atoms with Gasteiger partial charge in [0.25, 0.3) is 0 Å². The minimum Gasteiger partial charge on any atom is -0.480 e. The van der Waals surface area contributed by atoms with Crippen molar-refractivity contribution in [2.45, 2.75) is 52.0 Å². The molecular formula is C15H23NO5S. The summed E-state index contributed by atoms with van der Waals surface area (Å²) >= 11 is 0. The summed E-state index contributed by atoms with van der Waals surface area (Å²) in [5.41, 5.74) is -1.16. The van der Waals surface area contributed by atoms with Gasteiger partial charge < -0.3 is 5.11 Å². The molecule has 3 rings (SSSR count). The molecule has 1 heterocycles. The lowest BCUT2D eigenvalue weighted by Crippen LogP contribution is -2.49. The lowest BCUT2D eigenvalue weighted by molar-refractivity contribution is -0.140. The number of hydrogen-bond acceptors (Lipinski definition) is 4. The third-order valence-electron chi connectivity index (χ3n) is 6.41. The molecule has 1 aliphatic heterocycles. The van der Waals surface area contributed by atoms with Crippen molar-refractivity contribution in [2.24, 2.45) is 16.7 Å². The Bertz CT molecular complexity index is 626. The molecular weight excluding hydrogens is 306 g/mol. The van der Waals surface area contributed by atoms with Crippen LogP contribution in [-0.2, 0) is 19.6 Å². The summed E-state index contributed by atoms with van der Waals surface area (Å²) in [4.78, 5) is 23.8. The smallest absolute Gasteiger partial charge is 0.322 e. The molecule has 22 heavy (non-hydrogen) atoms. The predicted octanol–water partition coefficient (Wildman–Crippen LogP) is 1.26. The monoisotopic (exact) mass is 329 g/mol. The van der Waals surface area contributed by atoms with E-state index in [9.17, 15) is 23.1 Å². The van der Waals surface area contributed by atoms with Crippen molar-refractivity contribution in [2.75, 3.05) is 12.3 Å². The Balaban J connectivity index is 1.92. The summed E-state index contributed by atoms with van der Waals surface area (Å²) in [6, 6.07) is -0.974. The van der Waals surface area contributed by atoms with Crippen molar-refractivity contribution in [3.8, 4) is 0 Å². The van der Waals surface area contributed by atoms with Crippen LogP contribution in [0.4, 0.5) is 0 Å². The second-order valence-corrected chi connectivity index (χ2v) is 9.45. The zero-order valence-corrected chi connectivity index (χ0v) is 13.9. The second-order valence-electron chi connectivity index (χ2n) is 7.53. The Hall–Kier alpha value is -0.950. The molecule has 0 aromatic carbocycles. The van der Waals surface area contributed by atoms with Crippen molar-refractivity contribution < 1.29 is 23.1 Å². The SMILES string of the molecule is CC1(C)[C@H]2CC[C@@]1(CS(=O)(=O)N1CCC[C@@H]1C(=O)O)C(=O)C2. The van der Waals surface area contributed by atoms with Crippen molar-refractivity contribution in [1.29, 1.82) is 0 Å². The maximum absolute atomic E-state index is 12.8. The average Bonchev–Trinajstić information content (AvgIpc) is 3.02. The maximum atomic E-state index is 12.8. The van der Waals surface area contributed by atoms with E-state index < -0.39 is 27.4 Å². The van der Waals surface area contributed by atoms with Gasteiger partial charge in [-0.3, -0.25) is 9.59 Å². The van der Waals surface area contributed by atoms with E-state index in [0.717, 1.165) is 10.7 Å². The van der Waals surface area contributed by atoms with Gasteiger partial charge in [-0.25, -0.2) is 8.42 Å². The van der Waals surface area contributed by atoms with Crippen LogP contribution in [0.15, 0.2) is 0 Å². The lowest BCUT2D eigenvalue weighted by atomic mass is 9.70. The number of aliphatic carboxylic acids is 1. The molecule has 124 valence electrons. The van der Waals surface area contributed by atoms with Gasteiger partial charge >= 0.3 is 5.97 Å². The summed E-state index contributed by atoms with van der Waals surface area (Å²) in [6.07, 6.45) is 2.86. The van der Waals surface area contributed by atoms with Gasteiger partial charge in [0, 0.05) is 18.4 Å². The number of carboxylic acids is 1. The van der Waals surface area contributed by atoms with E-state index in [-0.39, 0.29) is 29.4 Å². The van der Waals surface area contributed by atoms with Crippen LogP contribution in [-0.4, -0.2) is 47.9 Å². The number of carbonyl (C=O) groups excluding carboxylic acids is 1. The molecule has 2 bridgehead atoms. The number of sulfonamides is 1. The van der Waals surface area contributed by atoms with E-state index in [4.69, 9.17) is 0 Å². The Morgan fingerprint density at radius 2 is 2.05 bits per heavy atom. The number of Topliss-reactive ketones (excluding diaryl/α,β-unsaturated/α-hetero) is 1. The predicted molar refractivity (Wildman–Crippen MR) is 79.7 cm³/mol. The molecule has 0 unspecified atom stereocenters. The van der Waals surface area contributed by atoms with Crippen molar-refractivity contribution >= 4 is 21.8 Å². The third-order valence-corrected chi connectivity index (χ3v) is 8.42. The van der Waals surface area contributed by atoms with Crippen LogP contribution in [0.1, 0.15) is 46.0 Å². The van der Waals surface area contributed by atoms with E-state index in [2.05, 4.69) is 0 Å². The van der Waals surface area contributed by atoms with Gasteiger partial charge in [-0.15, -0.1) is 0 Å². The van der Waals surface area contributed by atoms with E-state index in [1.807, 2.05) is 13.8 Å². The van der Waals surface area contributed by atoms with Gasteiger partial charge in [-0.2, -0.15) is 4.31 Å². The molecule has 0 aromatic heterocycles. The molecule has 2 saturated carbocycles. The van der Waals surface area contributed by atoms with E-state index in [0.29, 0.717) is 25.7 Å². The molecule has 7 heteroatoms. The van der Waals surface area contributed by atoms with Gasteiger partial charge in [-0.1, -0.05) is 13.8 Å². The van der Waals surface area contributed by atoms with Crippen LogP contribution in [0.5, 0.6) is 0 Å². The number of carbonyl (C=O) groups is 2. The van der Waals surface area contributed by atoms with Crippen LogP contribution in [0.3, 0.4) is 0 Å². The Morgan fingerprint density at radius 3 is 2.55 bits per heavy atom. The Morgan fingerprint density at radius 1 is 1.36 bits per heavy atom. The molecule has 1 N–H and O–H groups in total. The number of rotatable bonds is 4. The Labute approximate surface area is 130 Å². The number of carboxylic acid groups (broad SMARTS) is 1. The first-order valence-corrected chi connectivity index (χ1v) is 9.48. The van der Waals surface area contributed by atoms with Crippen LogP contribution in [0.2, 0.25) is 0 Å². The average molecular weight is 329 g/mol. The van der Waals surface area contributed by atoms with Crippen LogP contribution in [0, 0.1) is 16.7 Å². The van der Waals surface area contributed by atoms with Gasteiger partial charge in [0.15, 0.2) is 0 Å². The minimum absolute atomic E-state index is 0.0448. The highest BCUT2D eigenvalue weighted by molar-refractivity contribution is 7.89. The zero-order valence-electron chi connectivity index (χ0n) is 13.0. The summed E-state index contributed by atoms with van der Waals surface area (Å²) in [7, 11) is -3.75. The first-order valence-electron chi connectivity index (χ1n) is 7.87. The second kappa shape index (κ2) is 4.77. The van der Waals surface area contributed by atoms with Crippen molar-refractivity contribution in [1.82, 2.24) is 4.31 Å².